The first-order valence-electron chi connectivity index (χ1n) is 8.83. The molecule has 0 atom stereocenters. The van der Waals surface area contributed by atoms with Gasteiger partial charge in [-0.25, -0.2) is 19.3 Å². The standard InChI is InChI=1S/C19H20N6O5/c1-19(2,3)30-18(28)22-11-5-7-13(20-9-11)16-23-15(17(26)27)24-25(16)12-6-8-14(29-4)21-10-12/h5-10H,1-4H3,(H,22,28)(H,26,27). The van der Waals surface area contributed by atoms with Gasteiger partial charge in [0.1, 0.15) is 11.3 Å². The van der Waals surface area contributed by atoms with Gasteiger partial charge in [0, 0.05) is 6.07 Å². The molecular formula is C19H20N6O5. The Morgan fingerprint density at radius 2 is 1.87 bits per heavy atom. The van der Waals surface area contributed by atoms with E-state index in [1.165, 1.54) is 24.2 Å². The maximum Gasteiger partial charge on any atom is 0.412 e. The number of aromatic carboxylic acids is 1. The Morgan fingerprint density at radius 3 is 2.40 bits per heavy atom. The Hall–Kier alpha value is -4.02. The number of carbonyl (C=O) groups is 2. The van der Waals surface area contributed by atoms with E-state index in [9.17, 15) is 14.7 Å². The Labute approximate surface area is 171 Å². The second-order valence-corrected chi connectivity index (χ2v) is 7.09. The summed E-state index contributed by atoms with van der Waals surface area (Å²) < 4.78 is 11.5. The predicted octanol–water partition coefficient (Wildman–Crippen LogP) is 2.78. The zero-order chi connectivity index (χ0) is 21.9. The highest BCUT2D eigenvalue weighted by molar-refractivity contribution is 5.85. The second-order valence-electron chi connectivity index (χ2n) is 7.09. The van der Waals surface area contributed by atoms with Gasteiger partial charge in [0.05, 0.1) is 30.9 Å². The molecule has 0 bridgehead atoms. The van der Waals surface area contributed by atoms with E-state index >= 15 is 0 Å². The molecule has 0 aromatic carbocycles. The van der Waals surface area contributed by atoms with Crippen LogP contribution in [0.15, 0.2) is 36.7 Å². The van der Waals surface area contributed by atoms with Crippen LogP contribution >= 0.6 is 0 Å². The zero-order valence-electron chi connectivity index (χ0n) is 16.8. The SMILES string of the molecule is COc1ccc(-n2nc(C(=O)O)nc2-c2ccc(NC(=O)OC(C)(C)C)cn2)cn1. The summed E-state index contributed by atoms with van der Waals surface area (Å²) in [5.74, 6) is -1.07. The molecule has 0 saturated heterocycles. The van der Waals surface area contributed by atoms with Crippen molar-refractivity contribution >= 4 is 17.7 Å². The lowest BCUT2D eigenvalue weighted by Crippen LogP contribution is -2.27. The van der Waals surface area contributed by atoms with Crippen molar-refractivity contribution in [3.05, 3.63) is 42.5 Å². The van der Waals surface area contributed by atoms with E-state index in [2.05, 4.69) is 25.4 Å². The lowest BCUT2D eigenvalue weighted by atomic mass is 10.2. The van der Waals surface area contributed by atoms with Crippen molar-refractivity contribution in [2.75, 3.05) is 12.4 Å². The number of anilines is 1. The minimum atomic E-state index is -1.28. The van der Waals surface area contributed by atoms with E-state index < -0.39 is 23.5 Å². The van der Waals surface area contributed by atoms with E-state index in [0.717, 1.165) is 0 Å². The summed E-state index contributed by atoms with van der Waals surface area (Å²) in [6, 6.07) is 6.45. The van der Waals surface area contributed by atoms with E-state index in [1.54, 1.807) is 45.0 Å². The van der Waals surface area contributed by atoms with Gasteiger partial charge in [-0.05, 0) is 39.0 Å². The molecule has 30 heavy (non-hydrogen) atoms. The van der Waals surface area contributed by atoms with Crippen LogP contribution in [0.3, 0.4) is 0 Å². The molecular weight excluding hydrogens is 392 g/mol. The number of nitrogens with one attached hydrogen (secondary N) is 1. The summed E-state index contributed by atoms with van der Waals surface area (Å²) in [5, 5.41) is 15.9. The van der Waals surface area contributed by atoms with Crippen LogP contribution < -0.4 is 10.1 Å². The summed E-state index contributed by atoms with van der Waals surface area (Å²) >= 11 is 0. The molecule has 0 saturated carbocycles. The number of hydrogen-bond acceptors (Lipinski definition) is 8. The highest BCUT2D eigenvalue weighted by atomic mass is 16.6. The van der Waals surface area contributed by atoms with Crippen molar-refractivity contribution in [2.24, 2.45) is 0 Å². The second kappa shape index (κ2) is 8.15. The number of nitrogens with zero attached hydrogens (tertiary/aromatic N) is 5. The highest BCUT2D eigenvalue weighted by Crippen LogP contribution is 2.22. The topological polar surface area (TPSA) is 141 Å². The first-order valence-corrected chi connectivity index (χ1v) is 8.83. The average Bonchev–Trinajstić information content (AvgIpc) is 3.13. The van der Waals surface area contributed by atoms with E-state index in [1.807, 2.05) is 0 Å². The maximum atomic E-state index is 11.9. The number of carboxylic acids is 1. The number of aromatic nitrogens is 5. The number of ether oxygens (including phenoxy) is 2. The van der Waals surface area contributed by atoms with Crippen LogP contribution in [0.2, 0.25) is 0 Å². The van der Waals surface area contributed by atoms with Gasteiger partial charge in [0.15, 0.2) is 5.82 Å². The van der Waals surface area contributed by atoms with Crippen molar-refractivity contribution in [1.29, 1.82) is 0 Å². The Kier molecular flexibility index (Phi) is 5.63. The first-order chi connectivity index (χ1) is 14.2. The van der Waals surface area contributed by atoms with Crippen LogP contribution in [0.4, 0.5) is 10.5 Å². The van der Waals surface area contributed by atoms with Crippen LogP contribution in [-0.4, -0.2) is 54.6 Å². The molecule has 1 amide bonds. The molecule has 0 radical (unpaired) electrons. The molecule has 0 aliphatic rings. The van der Waals surface area contributed by atoms with E-state index in [-0.39, 0.29) is 5.82 Å². The third kappa shape index (κ3) is 4.87. The molecule has 11 heteroatoms. The number of pyridine rings is 2. The van der Waals surface area contributed by atoms with Crippen LogP contribution in [0.1, 0.15) is 31.4 Å². The minimum absolute atomic E-state index is 0.197. The monoisotopic (exact) mass is 412 g/mol. The highest BCUT2D eigenvalue weighted by Gasteiger charge is 2.20. The van der Waals surface area contributed by atoms with Crippen molar-refractivity contribution in [1.82, 2.24) is 24.7 Å². The smallest absolute Gasteiger partial charge is 0.412 e. The third-order valence-corrected chi connectivity index (χ3v) is 3.61. The number of carbonyl (C=O) groups excluding carboxylic acids is 1. The third-order valence-electron chi connectivity index (χ3n) is 3.61. The molecule has 156 valence electrons. The summed E-state index contributed by atoms with van der Waals surface area (Å²) in [6.45, 7) is 5.28. The average molecular weight is 412 g/mol. The summed E-state index contributed by atoms with van der Waals surface area (Å²) in [5.41, 5.74) is 0.598. The van der Waals surface area contributed by atoms with E-state index in [4.69, 9.17) is 9.47 Å². The van der Waals surface area contributed by atoms with Gasteiger partial charge in [-0.1, -0.05) is 0 Å². The zero-order valence-corrected chi connectivity index (χ0v) is 16.8. The first kappa shape index (κ1) is 20.7. The van der Waals surface area contributed by atoms with Gasteiger partial charge in [0.2, 0.25) is 5.88 Å². The fourth-order valence-corrected chi connectivity index (χ4v) is 2.39. The Bertz CT molecular complexity index is 1050. The molecule has 11 nitrogen and oxygen atoms in total. The van der Waals surface area contributed by atoms with Gasteiger partial charge in [-0.2, -0.15) is 4.98 Å². The van der Waals surface area contributed by atoms with Gasteiger partial charge < -0.3 is 14.6 Å². The lowest BCUT2D eigenvalue weighted by Gasteiger charge is -2.19. The Balaban J connectivity index is 1.91. The van der Waals surface area contributed by atoms with Crippen LogP contribution in [-0.2, 0) is 4.74 Å². The fraction of sp³-hybridized carbons (Fsp3) is 0.263. The van der Waals surface area contributed by atoms with Crippen LogP contribution in [0, 0.1) is 0 Å². The predicted molar refractivity (Wildman–Crippen MR) is 106 cm³/mol. The molecule has 3 aromatic rings. The van der Waals surface area contributed by atoms with Gasteiger partial charge in [-0.3, -0.25) is 10.3 Å². The minimum Gasteiger partial charge on any atom is -0.481 e. The molecule has 0 fully saturated rings. The summed E-state index contributed by atoms with van der Waals surface area (Å²) in [4.78, 5) is 35.7. The quantitative estimate of drug-likeness (QED) is 0.647. The molecule has 0 unspecified atom stereocenters. The van der Waals surface area contributed by atoms with Crippen molar-refractivity contribution in [2.45, 2.75) is 26.4 Å². The van der Waals surface area contributed by atoms with Gasteiger partial charge in [0.25, 0.3) is 5.82 Å². The Morgan fingerprint density at radius 1 is 1.10 bits per heavy atom. The van der Waals surface area contributed by atoms with Crippen LogP contribution in [0.25, 0.3) is 17.2 Å². The number of methoxy groups -OCH3 is 1. The van der Waals surface area contributed by atoms with Crippen molar-refractivity contribution < 1.29 is 24.2 Å². The lowest BCUT2D eigenvalue weighted by molar-refractivity contribution is 0.0633. The molecule has 0 aliphatic heterocycles. The largest absolute Gasteiger partial charge is 0.481 e. The van der Waals surface area contributed by atoms with Crippen molar-refractivity contribution in [3.63, 3.8) is 0 Å². The molecule has 0 spiro atoms. The fourth-order valence-electron chi connectivity index (χ4n) is 2.39. The number of hydrogen-bond donors (Lipinski definition) is 2. The summed E-state index contributed by atoms with van der Waals surface area (Å²) in [6.07, 6.45) is 2.27. The van der Waals surface area contributed by atoms with Crippen LogP contribution in [0.5, 0.6) is 5.88 Å². The van der Waals surface area contributed by atoms with Crippen molar-refractivity contribution in [3.8, 4) is 23.1 Å². The summed E-state index contributed by atoms with van der Waals surface area (Å²) in [7, 11) is 1.49. The number of amides is 1. The number of carboxylic acid groups (broad SMARTS) is 1. The molecule has 3 rings (SSSR count). The van der Waals surface area contributed by atoms with Gasteiger partial charge in [-0.15, -0.1) is 5.10 Å². The maximum absolute atomic E-state index is 11.9. The molecule has 3 heterocycles. The number of rotatable bonds is 5. The van der Waals surface area contributed by atoms with E-state index in [0.29, 0.717) is 22.9 Å². The molecule has 2 N–H and O–H groups in total. The molecule has 0 aliphatic carbocycles. The molecule has 3 aromatic heterocycles. The normalized spacial score (nSPS) is 11.1. The van der Waals surface area contributed by atoms with Gasteiger partial charge >= 0.3 is 12.1 Å².